The molecule has 0 aromatic heterocycles. The van der Waals surface area contributed by atoms with Crippen LogP contribution < -0.4 is 0 Å². The lowest BCUT2D eigenvalue weighted by molar-refractivity contribution is -0.189. The molecule has 112 valence electrons. The summed E-state index contributed by atoms with van der Waals surface area (Å²) in [7, 11) is 3.13. The fourth-order valence-electron chi connectivity index (χ4n) is 2.22. The Morgan fingerprint density at radius 2 is 2.16 bits per heavy atom. The summed E-state index contributed by atoms with van der Waals surface area (Å²) in [6, 6.07) is 0. The van der Waals surface area contributed by atoms with Gasteiger partial charge in [-0.05, 0) is 31.6 Å². The highest BCUT2D eigenvalue weighted by Crippen LogP contribution is 2.19. The lowest BCUT2D eigenvalue weighted by atomic mass is 9.97. The van der Waals surface area contributed by atoms with Crippen molar-refractivity contribution in [3.05, 3.63) is 0 Å². The highest BCUT2D eigenvalue weighted by Gasteiger charge is 2.25. The SMILES string of the molecule is CON(C)C(=O)C(COC1CCCCO1)CC(C)C. The zero-order valence-corrected chi connectivity index (χ0v) is 12.6. The number of carbonyl (C=O) groups is 1. The van der Waals surface area contributed by atoms with Crippen LogP contribution in [0.1, 0.15) is 39.5 Å². The van der Waals surface area contributed by atoms with E-state index in [1.807, 2.05) is 0 Å². The van der Waals surface area contributed by atoms with E-state index in [2.05, 4.69) is 13.8 Å². The van der Waals surface area contributed by atoms with Gasteiger partial charge in [-0.1, -0.05) is 13.8 Å². The Morgan fingerprint density at radius 3 is 2.68 bits per heavy atom. The number of carbonyl (C=O) groups excluding carboxylic acids is 1. The van der Waals surface area contributed by atoms with Gasteiger partial charge in [-0.2, -0.15) is 0 Å². The van der Waals surface area contributed by atoms with Crippen LogP contribution in [0.3, 0.4) is 0 Å². The van der Waals surface area contributed by atoms with Crippen molar-refractivity contribution in [2.75, 3.05) is 27.4 Å². The lowest BCUT2D eigenvalue weighted by Crippen LogP contribution is -2.36. The lowest BCUT2D eigenvalue weighted by Gasteiger charge is -2.27. The first-order valence-corrected chi connectivity index (χ1v) is 7.09. The first-order valence-electron chi connectivity index (χ1n) is 7.09. The topological polar surface area (TPSA) is 48.0 Å². The summed E-state index contributed by atoms with van der Waals surface area (Å²) in [5, 5.41) is 1.28. The number of nitrogens with zero attached hydrogens (tertiary/aromatic N) is 1. The van der Waals surface area contributed by atoms with Crippen LogP contribution in [-0.2, 0) is 19.1 Å². The second kappa shape index (κ2) is 8.51. The second-order valence-corrected chi connectivity index (χ2v) is 5.47. The molecule has 2 unspecified atom stereocenters. The fourth-order valence-corrected chi connectivity index (χ4v) is 2.22. The Hall–Kier alpha value is -0.650. The van der Waals surface area contributed by atoms with Crippen molar-refractivity contribution < 1.29 is 19.1 Å². The van der Waals surface area contributed by atoms with Crippen molar-refractivity contribution in [2.45, 2.75) is 45.8 Å². The van der Waals surface area contributed by atoms with E-state index in [0.717, 1.165) is 32.3 Å². The molecule has 0 spiro atoms. The highest BCUT2D eigenvalue weighted by atomic mass is 16.7. The molecule has 5 heteroatoms. The fraction of sp³-hybridized carbons (Fsp3) is 0.929. The van der Waals surface area contributed by atoms with Crippen molar-refractivity contribution in [2.24, 2.45) is 11.8 Å². The average Bonchev–Trinajstić information content (AvgIpc) is 2.42. The molecule has 0 bridgehead atoms. The van der Waals surface area contributed by atoms with Crippen molar-refractivity contribution in [3.8, 4) is 0 Å². The van der Waals surface area contributed by atoms with E-state index in [9.17, 15) is 4.79 Å². The van der Waals surface area contributed by atoms with Crippen LogP contribution >= 0.6 is 0 Å². The molecular formula is C14H27NO4. The maximum atomic E-state index is 12.2. The zero-order valence-electron chi connectivity index (χ0n) is 12.6. The summed E-state index contributed by atoms with van der Waals surface area (Å²) in [5.41, 5.74) is 0. The van der Waals surface area contributed by atoms with Crippen molar-refractivity contribution >= 4 is 5.91 Å². The van der Waals surface area contributed by atoms with Gasteiger partial charge in [-0.25, -0.2) is 5.06 Å². The van der Waals surface area contributed by atoms with Gasteiger partial charge in [0.05, 0.1) is 19.6 Å². The second-order valence-electron chi connectivity index (χ2n) is 5.47. The third-order valence-corrected chi connectivity index (χ3v) is 3.31. The van der Waals surface area contributed by atoms with Gasteiger partial charge in [0.15, 0.2) is 6.29 Å². The maximum absolute atomic E-state index is 12.2. The minimum Gasteiger partial charge on any atom is -0.353 e. The van der Waals surface area contributed by atoms with E-state index in [-0.39, 0.29) is 18.1 Å². The van der Waals surface area contributed by atoms with Gasteiger partial charge in [-0.15, -0.1) is 0 Å². The number of ether oxygens (including phenoxy) is 2. The zero-order chi connectivity index (χ0) is 14.3. The van der Waals surface area contributed by atoms with Gasteiger partial charge in [0.1, 0.15) is 0 Å². The van der Waals surface area contributed by atoms with E-state index in [1.165, 1.54) is 12.2 Å². The molecule has 1 heterocycles. The van der Waals surface area contributed by atoms with Crippen LogP contribution in [0.4, 0.5) is 0 Å². The molecule has 1 saturated heterocycles. The minimum absolute atomic E-state index is 0.0352. The Labute approximate surface area is 116 Å². The highest BCUT2D eigenvalue weighted by molar-refractivity contribution is 5.77. The molecule has 1 rings (SSSR count). The predicted molar refractivity (Wildman–Crippen MR) is 72.3 cm³/mol. The largest absolute Gasteiger partial charge is 0.353 e. The predicted octanol–water partition coefficient (Wildman–Crippen LogP) is 2.21. The molecule has 19 heavy (non-hydrogen) atoms. The molecule has 0 radical (unpaired) electrons. The summed E-state index contributed by atoms with van der Waals surface area (Å²) in [4.78, 5) is 17.1. The maximum Gasteiger partial charge on any atom is 0.251 e. The third kappa shape index (κ3) is 5.89. The summed E-state index contributed by atoms with van der Waals surface area (Å²) in [6.45, 7) is 5.36. The van der Waals surface area contributed by atoms with E-state index in [0.29, 0.717) is 12.5 Å². The van der Waals surface area contributed by atoms with E-state index < -0.39 is 0 Å². The van der Waals surface area contributed by atoms with Crippen molar-refractivity contribution in [1.82, 2.24) is 5.06 Å². The van der Waals surface area contributed by atoms with Crippen molar-refractivity contribution in [1.29, 1.82) is 0 Å². The molecule has 0 saturated carbocycles. The van der Waals surface area contributed by atoms with Gasteiger partial charge in [-0.3, -0.25) is 9.63 Å². The molecule has 0 aliphatic carbocycles. The molecule has 0 aromatic rings. The van der Waals surface area contributed by atoms with E-state index in [4.69, 9.17) is 14.3 Å². The number of hydrogen-bond acceptors (Lipinski definition) is 4. The van der Waals surface area contributed by atoms with E-state index >= 15 is 0 Å². The molecule has 1 amide bonds. The van der Waals surface area contributed by atoms with Crippen LogP contribution in [0, 0.1) is 11.8 Å². The summed E-state index contributed by atoms with van der Waals surface area (Å²) in [5.74, 6) is 0.234. The first kappa shape index (κ1) is 16.4. The Morgan fingerprint density at radius 1 is 1.42 bits per heavy atom. The number of rotatable bonds is 7. The van der Waals surface area contributed by atoms with Crippen LogP contribution in [0.2, 0.25) is 0 Å². The van der Waals surface area contributed by atoms with Crippen LogP contribution in [-0.4, -0.2) is 44.6 Å². The Bertz CT molecular complexity index is 264. The third-order valence-electron chi connectivity index (χ3n) is 3.31. The van der Waals surface area contributed by atoms with Crippen LogP contribution in [0.5, 0.6) is 0 Å². The van der Waals surface area contributed by atoms with Crippen LogP contribution in [0.25, 0.3) is 0 Å². The molecule has 1 aliphatic rings. The van der Waals surface area contributed by atoms with Gasteiger partial charge >= 0.3 is 0 Å². The Balaban J connectivity index is 2.46. The van der Waals surface area contributed by atoms with Crippen LogP contribution in [0.15, 0.2) is 0 Å². The number of hydrogen-bond donors (Lipinski definition) is 0. The molecule has 0 N–H and O–H groups in total. The molecule has 0 aromatic carbocycles. The Kier molecular flexibility index (Phi) is 7.34. The minimum atomic E-state index is -0.171. The first-order chi connectivity index (χ1) is 9.04. The molecule has 5 nitrogen and oxygen atoms in total. The summed E-state index contributed by atoms with van der Waals surface area (Å²) in [6.07, 6.45) is 3.79. The standard InChI is InChI=1S/C14H27NO4/c1-11(2)9-12(14(16)15(3)17-4)10-19-13-7-5-6-8-18-13/h11-13H,5-10H2,1-4H3. The number of amides is 1. The normalized spacial score (nSPS) is 21.4. The summed E-state index contributed by atoms with van der Waals surface area (Å²) >= 11 is 0. The molecule has 1 aliphatic heterocycles. The van der Waals surface area contributed by atoms with Crippen molar-refractivity contribution in [3.63, 3.8) is 0 Å². The monoisotopic (exact) mass is 273 g/mol. The van der Waals surface area contributed by atoms with Gasteiger partial charge in [0, 0.05) is 13.7 Å². The van der Waals surface area contributed by atoms with E-state index in [1.54, 1.807) is 7.05 Å². The molecule has 1 fully saturated rings. The number of hydroxylamine groups is 2. The molecular weight excluding hydrogens is 246 g/mol. The molecule has 2 atom stereocenters. The van der Waals surface area contributed by atoms with Gasteiger partial charge < -0.3 is 9.47 Å². The smallest absolute Gasteiger partial charge is 0.251 e. The summed E-state index contributed by atoms with van der Waals surface area (Å²) < 4.78 is 11.3. The van der Waals surface area contributed by atoms with Gasteiger partial charge in [0.25, 0.3) is 5.91 Å². The average molecular weight is 273 g/mol. The quantitative estimate of drug-likeness (QED) is 0.667. The van der Waals surface area contributed by atoms with Gasteiger partial charge in [0.2, 0.25) is 0 Å².